The number of thioether (sulfide) groups is 1. The van der Waals surface area contributed by atoms with E-state index in [1.54, 1.807) is 11.8 Å². The Bertz CT molecular complexity index is 443. The van der Waals surface area contributed by atoms with Gasteiger partial charge in [-0.15, -0.1) is 11.8 Å². The topological polar surface area (TPSA) is 23.6 Å². The van der Waals surface area contributed by atoms with Crippen LogP contribution in [0.3, 0.4) is 0 Å². The molecule has 1 heterocycles. The summed E-state index contributed by atoms with van der Waals surface area (Å²) < 4.78 is 0. The highest BCUT2D eigenvalue weighted by molar-refractivity contribution is 8.00. The standard InChI is InChI=1S/C17H26N2OS/c1-4-19-12-10-15(11-13-19)18(3)17(20)14(2)21-16-8-6-5-7-9-16/h5-9,14-15H,4,10-13H2,1-3H3. The summed E-state index contributed by atoms with van der Waals surface area (Å²) in [5, 5.41) is -0.0263. The zero-order valence-electron chi connectivity index (χ0n) is 13.3. The monoisotopic (exact) mass is 306 g/mol. The SMILES string of the molecule is CCN1CCC(N(C)C(=O)C(C)Sc2ccccc2)CC1. The average molecular weight is 306 g/mol. The first-order valence-electron chi connectivity index (χ1n) is 7.82. The molecular formula is C17H26N2OS. The number of carbonyl (C=O) groups is 1. The van der Waals surface area contributed by atoms with Crippen molar-refractivity contribution in [3.8, 4) is 0 Å². The molecule has 1 aromatic rings. The summed E-state index contributed by atoms with van der Waals surface area (Å²) in [5.41, 5.74) is 0. The van der Waals surface area contributed by atoms with Gasteiger partial charge in [0, 0.05) is 31.1 Å². The van der Waals surface area contributed by atoms with Crippen molar-refractivity contribution in [1.29, 1.82) is 0 Å². The smallest absolute Gasteiger partial charge is 0.235 e. The Labute approximate surface area is 132 Å². The molecule has 0 radical (unpaired) electrons. The van der Waals surface area contributed by atoms with Gasteiger partial charge in [0.25, 0.3) is 0 Å². The van der Waals surface area contributed by atoms with E-state index in [2.05, 4.69) is 24.0 Å². The van der Waals surface area contributed by atoms with Gasteiger partial charge in [-0.05, 0) is 38.4 Å². The second-order valence-electron chi connectivity index (χ2n) is 5.69. The van der Waals surface area contributed by atoms with Gasteiger partial charge in [0.1, 0.15) is 0 Å². The Balaban J connectivity index is 1.87. The van der Waals surface area contributed by atoms with Crippen molar-refractivity contribution >= 4 is 17.7 Å². The molecule has 1 atom stereocenters. The average Bonchev–Trinajstić information content (AvgIpc) is 2.54. The maximum absolute atomic E-state index is 12.6. The number of piperidine rings is 1. The van der Waals surface area contributed by atoms with Crippen LogP contribution in [0.5, 0.6) is 0 Å². The minimum atomic E-state index is -0.0263. The number of benzene rings is 1. The van der Waals surface area contributed by atoms with E-state index in [1.165, 1.54) is 0 Å². The number of hydrogen-bond donors (Lipinski definition) is 0. The number of amides is 1. The molecule has 116 valence electrons. The van der Waals surface area contributed by atoms with Crippen LogP contribution in [-0.2, 0) is 4.79 Å². The highest BCUT2D eigenvalue weighted by atomic mass is 32.2. The maximum Gasteiger partial charge on any atom is 0.235 e. The van der Waals surface area contributed by atoms with Crippen molar-refractivity contribution in [3.63, 3.8) is 0 Å². The van der Waals surface area contributed by atoms with Crippen LogP contribution in [0.1, 0.15) is 26.7 Å². The summed E-state index contributed by atoms with van der Waals surface area (Å²) in [6, 6.07) is 10.6. The highest BCUT2D eigenvalue weighted by Crippen LogP contribution is 2.25. The van der Waals surface area contributed by atoms with E-state index in [9.17, 15) is 4.79 Å². The molecule has 0 N–H and O–H groups in total. The molecule has 1 saturated heterocycles. The Morgan fingerprint density at radius 3 is 2.52 bits per heavy atom. The number of likely N-dealkylation sites (tertiary alicyclic amines) is 1. The first-order chi connectivity index (χ1) is 10.1. The van der Waals surface area contributed by atoms with Crippen LogP contribution in [0, 0.1) is 0 Å². The normalized spacial score (nSPS) is 18.4. The van der Waals surface area contributed by atoms with Crippen molar-refractivity contribution < 1.29 is 4.79 Å². The fourth-order valence-corrected chi connectivity index (χ4v) is 3.83. The van der Waals surface area contributed by atoms with E-state index in [1.807, 2.05) is 37.1 Å². The molecule has 1 unspecified atom stereocenters. The predicted molar refractivity (Wildman–Crippen MR) is 89.7 cm³/mol. The summed E-state index contributed by atoms with van der Waals surface area (Å²) >= 11 is 1.65. The fraction of sp³-hybridized carbons (Fsp3) is 0.588. The molecule has 0 spiro atoms. The maximum atomic E-state index is 12.6. The van der Waals surface area contributed by atoms with Crippen LogP contribution < -0.4 is 0 Å². The summed E-state index contributed by atoms with van der Waals surface area (Å²) in [5.74, 6) is 0.249. The van der Waals surface area contributed by atoms with E-state index >= 15 is 0 Å². The molecule has 1 aliphatic rings. The van der Waals surface area contributed by atoms with Gasteiger partial charge < -0.3 is 9.80 Å². The Morgan fingerprint density at radius 1 is 1.33 bits per heavy atom. The molecule has 3 nitrogen and oxygen atoms in total. The Hall–Kier alpha value is -1.00. The van der Waals surface area contributed by atoms with E-state index < -0.39 is 0 Å². The first-order valence-corrected chi connectivity index (χ1v) is 8.70. The van der Waals surface area contributed by atoms with Gasteiger partial charge in [0.05, 0.1) is 5.25 Å². The van der Waals surface area contributed by atoms with Gasteiger partial charge in [-0.1, -0.05) is 25.1 Å². The van der Waals surface area contributed by atoms with E-state index in [4.69, 9.17) is 0 Å². The van der Waals surface area contributed by atoms with E-state index in [0.29, 0.717) is 6.04 Å². The molecule has 1 aromatic carbocycles. The van der Waals surface area contributed by atoms with Crippen LogP contribution in [-0.4, -0.2) is 53.7 Å². The Morgan fingerprint density at radius 2 is 1.95 bits per heavy atom. The quantitative estimate of drug-likeness (QED) is 0.781. The summed E-state index contributed by atoms with van der Waals surface area (Å²) in [6.07, 6.45) is 2.19. The zero-order chi connectivity index (χ0) is 15.2. The third-order valence-corrected chi connectivity index (χ3v) is 5.40. The molecule has 0 bridgehead atoms. The highest BCUT2D eigenvalue weighted by Gasteiger charge is 2.27. The van der Waals surface area contributed by atoms with Crippen molar-refractivity contribution in [1.82, 2.24) is 9.80 Å². The molecule has 21 heavy (non-hydrogen) atoms. The van der Waals surface area contributed by atoms with Crippen LogP contribution in [0.2, 0.25) is 0 Å². The lowest BCUT2D eigenvalue weighted by atomic mass is 10.0. The lowest BCUT2D eigenvalue weighted by Crippen LogP contribution is -2.47. The molecular weight excluding hydrogens is 280 g/mol. The molecule has 0 aliphatic carbocycles. The second kappa shape index (κ2) is 7.85. The summed E-state index contributed by atoms with van der Waals surface area (Å²) in [7, 11) is 1.97. The van der Waals surface area contributed by atoms with Crippen molar-refractivity contribution in [3.05, 3.63) is 30.3 Å². The van der Waals surface area contributed by atoms with Crippen molar-refractivity contribution in [2.45, 2.75) is 42.9 Å². The van der Waals surface area contributed by atoms with Crippen LogP contribution in [0.25, 0.3) is 0 Å². The number of carbonyl (C=O) groups excluding carboxylic acids is 1. The lowest BCUT2D eigenvalue weighted by molar-refractivity contribution is -0.131. The van der Waals surface area contributed by atoms with Gasteiger partial charge >= 0.3 is 0 Å². The number of rotatable bonds is 5. The summed E-state index contributed by atoms with van der Waals surface area (Å²) in [4.78, 5) is 18.2. The molecule has 2 rings (SSSR count). The second-order valence-corrected chi connectivity index (χ2v) is 7.10. The minimum absolute atomic E-state index is 0.0263. The van der Waals surface area contributed by atoms with Crippen LogP contribution in [0.4, 0.5) is 0 Å². The largest absolute Gasteiger partial charge is 0.342 e. The van der Waals surface area contributed by atoms with Gasteiger partial charge in [-0.2, -0.15) is 0 Å². The predicted octanol–water partition coefficient (Wildman–Crippen LogP) is 3.11. The fourth-order valence-electron chi connectivity index (χ4n) is 2.84. The molecule has 1 fully saturated rings. The third-order valence-electron chi connectivity index (χ3n) is 4.30. The van der Waals surface area contributed by atoms with Gasteiger partial charge in [-0.25, -0.2) is 0 Å². The lowest BCUT2D eigenvalue weighted by Gasteiger charge is -2.37. The zero-order valence-corrected chi connectivity index (χ0v) is 14.1. The van der Waals surface area contributed by atoms with Crippen molar-refractivity contribution in [2.75, 3.05) is 26.7 Å². The van der Waals surface area contributed by atoms with Gasteiger partial charge in [-0.3, -0.25) is 4.79 Å². The van der Waals surface area contributed by atoms with Gasteiger partial charge in [0.15, 0.2) is 0 Å². The van der Waals surface area contributed by atoms with Crippen LogP contribution in [0.15, 0.2) is 35.2 Å². The number of hydrogen-bond acceptors (Lipinski definition) is 3. The third kappa shape index (κ3) is 4.48. The van der Waals surface area contributed by atoms with Crippen molar-refractivity contribution in [2.24, 2.45) is 0 Å². The molecule has 4 heteroatoms. The molecule has 0 saturated carbocycles. The number of nitrogens with zero attached hydrogens (tertiary/aromatic N) is 2. The summed E-state index contributed by atoms with van der Waals surface area (Å²) in [6.45, 7) is 7.55. The molecule has 0 aromatic heterocycles. The minimum Gasteiger partial charge on any atom is -0.342 e. The first kappa shape index (κ1) is 16.4. The Kier molecular flexibility index (Phi) is 6.12. The van der Waals surface area contributed by atoms with E-state index in [-0.39, 0.29) is 11.2 Å². The molecule has 1 aliphatic heterocycles. The van der Waals surface area contributed by atoms with E-state index in [0.717, 1.165) is 37.4 Å². The van der Waals surface area contributed by atoms with Gasteiger partial charge in [0.2, 0.25) is 5.91 Å². The molecule has 1 amide bonds. The van der Waals surface area contributed by atoms with Crippen LogP contribution >= 0.6 is 11.8 Å².